The van der Waals surface area contributed by atoms with Gasteiger partial charge in [-0.05, 0) is 39.0 Å². The lowest BCUT2D eigenvalue weighted by Gasteiger charge is -2.32. The monoisotopic (exact) mass is 371 g/mol. The zero-order valence-corrected chi connectivity index (χ0v) is 16.2. The van der Waals surface area contributed by atoms with Crippen molar-refractivity contribution in [1.82, 2.24) is 19.9 Å². The number of amides is 1. The van der Waals surface area contributed by atoms with Gasteiger partial charge in [0, 0.05) is 36.4 Å². The number of ether oxygens (including phenoxy) is 2. The predicted octanol–water partition coefficient (Wildman–Crippen LogP) is 2.09. The second kappa shape index (κ2) is 8.41. The van der Waals surface area contributed by atoms with E-state index in [1.165, 1.54) is 7.11 Å². The van der Waals surface area contributed by atoms with Crippen molar-refractivity contribution in [2.45, 2.75) is 26.9 Å². The summed E-state index contributed by atoms with van der Waals surface area (Å²) >= 11 is 0. The van der Waals surface area contributed by atoms with E-state index in [0.29, 0.717) is 25.6 Å². The summed E-state index contributed by atoms with van der Waals surface area (Å²) in [5.41, 5.74) is 4.27. The molecule has 2 aromatic heterocycles. The van der Waals surface area contributed by atoms with Crippen LogP contribution in [0.1, 0.15) is 28.9 Å². The molecule has 8 heteroatoms. The maximum atomic E-state index is 12.1. The van der Waals surface area contributed by atoms with Crippen LogP contribution in [-0.4, -0.2) is 59.2 Å². The van der Waals surface area contributed by atoms with Crippen LogP contribution in [0.5, 0.6) is 0 Å². The Labute approximate surface area is 158 Å². The number of nitrogens with one attached hydrogen (secondary N) is 1. The molecule has 1 N–H and O–H groups in total. The molecule has 1 amide bonds. The third-order valence-electron chi connectivity index (χ3n) is 4.23. The highest BCUT2D eigenvalue weighted by Gasteiger charge is 2.26. The van der Waals surface area contributed by atoms with E-state index >= 15 is 0 Å². The standard InChI is InChI=1S/C19H25N5O3/c1-12-7-13(2)22-19(21-12)23-15-8-14(3)20-16(9-15)17-10-24(5-6-27-17)18(25)11-26-4/h7-9,17H,5-6,10-11H2,1-4H3,(H,20,21,22,23)/t17-/m0/s1. The van der Waals surface area contributed by atoms with E-state index in [-0.39, 0.29) is 18.6 Å². The molecule has 0 aliphatic carbocycles. The second-order valence-corrected chi connectivity index (χ2v) is 6.65. The summed E-state index contributed by atoms with van der Waals surface area (Å²) < 4.78 is 10.8. The quantitative estimate of drug-likeness (QED) is 0.861. The number of morpholine rings is 1. The van der Waals surface area contributed by atoms with Crippen LogP contribution < -0.4 is 5.32 Å². The number of methoxy groups -OCH3 is 1. The topological polar surface area (TPSA) is 89.5 Å². The van der Waals surface area contributed by atoms with Crippen LogP contribution in [0.4, 0.5) is 11.6 Å². The SMILES string of the molecule is COCC(=O)N1CCO[C@H](c2cc(Nc3nc(C)cc(C)n3)cc(C)n2)C1. The second-order valence-electron chi connectivity index (χ2n) is 6.65. The molecule has 1 fully saturated rings. The molecule has 0 bridgehead atoms. The fourth-order valence-corrected chi connectivity index (χ4v) is 3.11. The van der Waals surface area contributed by atoms with E-state index in [4.69, 9.17) is 9.47 Å². The minimum absolute atomic E-state index is 0.0413. The molecule has 3 rings (SSSR count). The lowest BCUT2D eigenvalue weighted by Crippen LogP contribution is -2.44. The van der Waals surface area contributed by atoms with Crippen LogP contribution in [0.25, 0.3) is 0 Å². The van der Waals surface area contributed by atoms with Gasteiger partial charge in [-0.3, -0.25) is 9.78 Å². The van der Waals surface area contributed by atoms with Gasteiger partial charge in [-0.25, -0.2) is 9.97 Å². The first-order valence-electron chi connectivity index (χ1n) is 8.91. The first-order valence-corrected chi connectivity index (χ1v) is 8.91. The summed E-state index contributed by atoms with van der Waals surface area (Å²) in [6, 6.07) is 5.78. The summed E-state index contributed by atoms with van der Waals surface area (Å²) in [6.45, 7) is 7.36. The molecule has 1 aliphatic heterocycles. The molecule has 0 spiro atoms. The molecular weight excluding hydrogens is 346 g/mol. The zero-order valence-electron chi connectivity index (χ0n) is 16.2. The third-order valence-corrected chi connectivity index (χ3v) is 4.23. The Morgan fingerprint density at radius 1 is 1.19 bits per heavy atom. The van der Waals surface area contributed by atoms with Crippen molar-refractivity contribution in [3.05, 3.63) is 41.0 Å². The smallest absolute Gasteiger partial charge is 0.248 e. The third kappa shape index (κ3) is 4.99. The molecule has 0 radical (unpaired) electrons. The Balaban J connectivity index is 1.79. The number of carbonyl (C=O) groups is 1. The lowest BCUT2D eigenvalue weighted by molar-refractivity contribution is -0.143. The number of hydrogen-bond acceptors (Lipinski definition) is 7. The lowest BCUT2D eigenvalue weighted by atomic mass is 10.1. The highest BCUT2D eigenvalue weighted by molar-refractivity contribution is 5.77. The van der Waals surface area contributed by atoms with E-state index in [2.05, 4.69) is 20.3 Å². The maximum Gasteiger partial charge on any atom is 0.248 e. The van der Waals surface area contributed by atoms with Gasteiger partial charge in [0.1, 0.15) is 12.7 Å². The predicted molar refractivity (Wildman–Crippen MR) is 101 cm³/mol. The molecule has 0 unspecified atom stereocenters. The fourth-order valence-electron chi connectivity index (χ4n) is 3.11. The molecule has 3 heterocycles. The molecule has 27 heavy (non-hydrogen) atoms. The van der Waals surface area contributed by atoms with Gasteiger partial charge in [0.25, 0.3) is 0 Å². The summed E-state index contributed by atoms with van der Waals surface area (Å²) in [7, 11) is 1.52. The van der Waals surface area contributed by atoms with Gasteiger partial charge >= 0.3 is 0 Å². The summed E-state index contributed by atoms with van der Waals surface area (Å²) in [5, 5.41) is 3.24. The number of aromatic nitrogens is 3. The molecule has 0 saturated carbocycles. The van der Waals surface area contributed by atoms with Crippen LogP contribution in [0, 0.1) is 20.8 Å². The maximum absolute atomic E-state index is 12.1. The van der Waals surface area contributed by atoms with E-state index in [0.717, 1.165) is 28.5 Å². The van der Waals surface area contributed by atoms with E-state index in [1.54, 1.807) is 4.90 Å². The van der Waals surface area contributed by atoms with E-state index in [1.807, 2.05) is 39.0 Å². The average molecular weight is 371 g/mol. The van der Waals surface area contributed by atoms with Crippen molar-refractivity contribution in [2.24, 2.45) is 0 Å². The number of pyridine rings is 1. The molecule has 2 aromatic rings. The highest BCUT2D eigenvalue weighted by Crippen LogP contribution is 2.25. The van der Waals surface area contributed by atoms with Crippen LogP contribution in [0.3, 0.4) is 0 Å². The number of rotatable bonds is 5. The van der Waals surface area contributed by atoms with Crippen molar-refractivity contribution < 1.29 is 14.3 Å². The van der Waals surface area contributed by atoms with Crippen molar-refractivity contribution >= 4 is 17.5 Å². The molecule has 144 valence electrons. The average Bonchev–Trinajstić information content (AvgIpc) is 2.60. The van der Waals surface area contributed by atoms with Crippen molar-refractivity contribution in [2.75, 3.05) is 38.7 Å². The summed E-state index contributed by atoms with van der Waals surface area (Å²) in [4.78, 5) is 27.3. The zero-order chi connectivity index (χ0) is 19.4. The van der Waals surface area contributed by atoms with Gasteiger partial charge < -0.3 is 19.7 Å². The number of carbonyl (C=O) groups excluding carboxylic acids is 1. The minimum Gasteiger partial charge on any atom is -0.375 e. The van der Waals surface area contributed by atoms with Gasteiger partial charge in [-0.15, -0.1) is 0 Å². The van der Waals surface area contributed by atoms with Crippen LogP contribution in [0.15, 0.2) is 18.2 Å². The largest absolute Gasteiger partial charge is 0.375 e. The number of aryl methyl sites for hydroxylation is 3. The Hall–Kier alpha value is -2.58. The summed E-state index contributed by atoms with van der Waals surface area (Å²) in [5.74, 6) is 0.506. The first-order chi connectivity index (χ1) is 12.9. The van der Waals surface area contributed by atoms with Crippen molar-refractivity contribution in [1.29, 1.82) is 0 Å². The molecule has 1 atom stereocenters. The molecule has 1 saturated heterocycles. The van der Waals surface area contributed by atoms with Crippen molar-refractivity contribution in [3.8, 4) is 0 Å². The fraction of sp³-hybridized carbons (Fsp3) is 0.474. The number of anilines is 2. The van der Waals surface area contributed by atoms with Crippen LogP contribution in [-0.2, 0) is 14.3 Å². The Kier molecular flexibility index (Phi) is 5.98. The molecular formula is C19H25N5O3. The molecule has 0 aromatic carbocycles. The van der Waals surface area contributed by atoms with Gasteiger partial charge in [0.2, 0.25) is 11.9 Å². The highest BCUT2D eigenvalue weighted by atomic mass is 16.5. The molecule has 8 nitrogen and oxygen atoms in total. The first kappa shape index (κ1) is 19.2. The van der Waals surface area contributed by atoms with Gasteiger partial charge in [0.05, 0.1) is 18.8 Å². The van der Waals surface area contributed by atoms with Crippen LogP contribution >= 0.6 is 0 Å². The minimum atomic E-state index is -0.278. The van der Waals surface area contributed by atoms with Crippen LogP contribution in [0.2, 0.25) is 0 Å². The Morgan fingerprint density at radius 2 is 1.89 bits per heavy atom. The number of nitrogens with zero attached hydrogens (tertiary/aromatic N) is 4. The Bertz CT molecular complexity index is 807. The van der Waals surface area contributed by atoms with Crippen molar-refractivity contribution in [3.63, 3.8) is 0 Å². The van der Waals surface area contributed by atoms with Gasteiger partial charge in [-0.1, -0.05) is 0 Å². The normalized spacial score (nSPS) is 17.0. The van der Waals surface area contributed by atoms with E-state index in [9.17, 15) is 4.79 Å². The number of hydrogen-bond donors (Lipinski definition) is 1. The van der Waals surface area contributed by atoms with E-state index < -0.39 is 0 Å². The Morgan fingerprint density at radius 3 is 2.59 bits per heavy atom. The summed E-state index contributed by atoms with van der Waals surface area (Å²) in [6.07, 6.45) is -0.278. The van der Waals surface area contributed by atoms with Gasteiger partial charge in [0.15, 0.2) is 0 Å². The van der Waals surface area contributed by atoms with Gasteiger partial charge in [-0.2, -0.15) is 0 Å². The molecule has 1 aliphatic rings.